The molecule has 0 aromatic heterocycles. The van der Waals surface area contributed by atoms with Crippen LogP contribution >= 0.6 is 0 Å². The van der Waals surface area contributed by atoms with Gasteiger partial charge in [-0.15, -0.1) is 0 Å². The molecule has 0 saturated carbocycles. The molecule has 2 aromatic carbocycles. The summed E-state index contributed by atoms with van der Waals surface area (Å²) in [5.41, 5.74) is 1.76. The number of hydrogen-bond donors (Lipinski definition) is 1. The molecule has 126 valence electrons. The molecular weight excluding hydrogens is 320 g/mol. The second-order valence-corrected chi connectivity index (χ2v) is 6.28. The summed E-state index contributed by atoms with van der Waals surface area (Å²) in [4.78, 5) is 2.30. The summed E-state index contributed by atoms with van der Waals surface area (Å²) >= 11 is 0. The average Bonchev–Trinajstić information content (AvgIpc) is 2.73. The third-order valence-electron chi connectivity index (χ3n) is 4.87. The molecule has 1 fully saturated rings. The van der Waals surface area contributed by atoms with E-state index in [1.54, 1.807) is 12.1 Å². The van der Waals surface area contributed by atoms with Gasteiger partial charge in [0, 0.05) is 30.9 Å². The normalized spacial score (nSPS) is 19.8. The van der Waals surface area contributed by atoms with E-state index in [0.717, 1.165) is 43.7 Å². The lowest BCUT2D eigenvalue weighted by molar-refractivity contribution is 0.437. The lowest BCUT2D eigenvalue weighted by Crippen LogP contribution is -2.32. The first-order chi connectivity index (χ1) is 11.6. The first-order valence-electron chi connectivity index (χ1n) is 8.00. The van der Waals surface area contributed by atoms with Crippen molar-refractivity contribution < 1.29 is 17.6 Å². The van der Waals surface area contributed by atoms with Gasteiger partial charge in [-0.2, -0.15) is 0 Å². The van der Waals surface area contributed by atoms with Gasteiger partial charge in [0.25, 0.3) is 0 Å². The summed E-state index contributed by atoms with van der Waals surface area (Å²) in [5.74, 6) is -5.74. The summed E-state index contributed by atoms with van der Waals surface area (Å²) in [6.07, 6.45) is 1.79. The Bertz CT molecular complexity index is 806. The second-order valence-electron chi connectivity index (χ2n) is 6.28. The van der Waals surface area contributed by atoms with E-state index in [0.29, 0.717) is 12.1 Å². The van der Waals surface area contributed by atoms with Crippen molar-refractivity contribution >= 4 is 5.69 Å². The predicted molar refractivity (Wildman–Crippen MR) is 84.0 cm³/mol. The van der Waals surface area contributed by atoms with Gasteiger partial charge in [-0.1, -0.05) is 6.07 Å². The van der Waals surface area contributed by atoms with Crippen molar-refractivity contribution in [1.82, 2.24) is 5.32 Å². The highest BCUT2D eigenvalue weighted by Gasteiger charge is 2.31. The van der Waals surface area contributed by atoms with Crippen molar-refractivity contribution in [3.05, 3.63) is 53.1 Å². The van der Waals surface area contributed by atoms with Crippen molar-refractivity contribution in [3.63, 3.8) is 0 Å². The molecule has 1 atom stereocenters. The quantitative estimate of drug-likeness (QED) is 0.486. The second kappa shape index (κ2) is 5.77. The minimum absolute atomic E-state index is 0.235. The Morgan fingerprint density at radius 3 is 2.62 bits per heavy atom. The van der Waals surface area contributed by atoms with Gasteiger partial charge in [0.2, 0.25) is 0 Å². The molecule has 2 aromatic rings. The van der Waals surface area contributed by atoms with E-state index in [1.165, 1.54) is 0 Å². The molecule has 1 saturated heterocycles. The van der Waals surface area contributed by atoms with Gasteiger partial charge in [-0.25, -0.2) is 17.6 Å². The Morgan fingerprint density at radius 1 is 0.958 bits per heavy atom. The van der Waals surface area contributed by atoms with Crippen LogP contribution in [-0.2, 0) is 6.42 Å². The van der Waals surface area contributed by atoms with Gasteiger partial charge in [0.1, 0.15) is 5.82 Å². The zero-order chi connectivity index (χ0) is 16.8. The maximum absolute atomic E-state index is 14.0. The number of nitrogens with zero attached hydrogens (tertiary/aromatic N) is 1. The molecule has 6 heteroatoms. The zero-order valence-corrected chi connectivity index (χ0v) is 12.9. The summed E-state index contributed by atoms with van der Waals surface area (Å²) < 4.78 is 54.7. The first kappa shape index (κ1) is 15.4. The monoisotopic (exact) mass is 336 g/mol. The molecular formula is C18H16F4N2. The van der Waals surface area contributed by atoms with E-state index in [1.807, 2.05) is 6.07 Å². The molecule has 0 amide bonds. The smallest absolute Gasteiger partial charge is 0.195 e. The van der Waals surface area contributed by atoms with Crippen molar-refractivity contribution in [3.8, 4) is 11.1 Å². The SMILES string of the molecule is Fc1cc(F)c(-c2ccc3c(c2)CC2CCNCCN32)c(F)c1F. The molecule has 1 N–H and O–H groups in total. The average molecular weight is 336 g/mol. The van der Waals surface area contributed by atoms with Crippen LogP contribution in [0.15, 0.2) is 24.3 Å². The highest BCUT2D eigenvalue weighted by Crippen LogP contribution is 2.38. The predicted octanol–water partition coefficient (Wildman–Crippen LogP) is 3.63. The Morgan fingerprint density at radius 2 is 1.79 bits per heavy atom. The number of rotatable bonds is 1. The van der Waals surface area contributed by atoms with Crippen LogP contribution in [-0.4, -0.2) is 25.7 Å². The third kappa shape index (κ3) is 2.36. The zero-order valence-electron chi connectivity index (χ0n) is 12.9. The molecule has 0 bridgehead atoms. The third-order valence-corrected chi connectivity index (χ3v) is 4.87. The number of fused-ring (bicyclic) bond motifs is 3. The molecule has 24 heavy (non-hydrogen) atoms. The van der Waals surface area contributed by atoms with E-state index < -0.39 is 28.8 Å². The maximum Gasteiger partial charge on any atom is 0.195 e. The van der Waals surface area contributed by atoms with Gasteiger partial charge in [-0.05, 0) is 42.6 Å². The van der Waals surface area contributed by atoms with E-state index in [9.17, 15) is 17.6 Å². The van der Waals surface area contributed by atoms with Crippen LogP contribution in [0.5, 0.6) is 0 Å². The van der Waals surface area contributed by atoms with Crippen LogP contribution < -0.4 is 10.2 Å². The highest BCUT2D eigenvalue weighted by molar-refractivity contribution is 5.72. The fraction of sp³-hybridized carbons (Fsp3) is 0.333. The molecule has 2 heterocycles. The maximum atomic E-state index is 14.0. The largest absolute Gasteiger partial charge is 0.367 e. The van der Waals surface area contributed by atoms with E-state index >= 15 is 0 Å². The van der Waals surface area contributed by atoms with Gasteiger partial charge in [-0.3, -0.25) is 0 Å². The number of hydrogen-bond acceptors (Lipinski definition) is 2. The van der Waals surface area contributed by atoms with Crippen molar-refractivity contribution in [2.75, 3.05) is 24.5 Å². The Hall–Kier alpha value is -2.08. The first-order valence-corrected chi connectivity index (χ1v) is 8.00. The van der Waals surface area contributed by atoms with Gasteiger partial charge < -0.3 is 10.2 Å². The molecule has 0 radical (unpaired) electrons. The fourth-order valence-electron chi connectivity index (χ4n) is 3.73. The van der Waals surface area contributed by atoms with Gasteiger partial charge >= 0.3 is 0 Å². The van der Waals surface area contributed by atoms with Crippen LogP contribution in [0.25, 0.3) is 11.1 Å². The van der Waals surface area contributed by atoms with Crippen LogP contribution in [0, 0.1) is 23.3 Å². The Balaban J connectivity index is 1.77. The standard InChI is InChI=1S/C18H16F4N2/c19-13-9-14(20)17(21)18(22)16(13)10-1-2-15-11(7-10)8-12-3-4-23-5-6-24(12)15/h1-2,7,9,12,23H,3-6,8H2. The molecule has 0 aliphatic carbocycles. The number of halogens is 4. The lowest BCUT2D eigenvalue weighted by Gasteiger charge is -2.24. The summed E-state index contributed by atoms with van der Waals surface area (Å²) in [7, 11) is 0. The summed E-state index contributed by atoms with van der Waals surface area (Å²) in [5, 5.41) is 3.35. The Labute approximate surface area is 137 Å². The molecule has 4 rings (SSSR count). The fourth-order valence-corrected chi connectivity index (χ4v) is 3.73. The van der Waals surface area contributed by atoms with E-state index in [4.69, 9.17) is 0 Å². The van der Waals surface area contributed by atoms with E-state index in [2.05, 4.69) is 10.2 Å². The number of benzene rings is 2. The van der Waals surface area contributed by atoms with Crippen LogP contribution in [0.4, 0.5) is 23.2 Å². The molecule has 2 aliphatic rings. The number of nitrogens with one attached hydrogen (secondary N) is 1. The van der Waals surface area contributed by atoms with Crippen LogP contribution in [0.1, 0.15) is 12.0 Å². The minimum atomic E-state index is -1.65. The molecule has 0 spiro atoms. The lowest BCUT2D eigenvalue weighted by atomic mass is 9.99. The summed E-state index contributed by atoms with van der Waals surface area (Å²) in [6.45, 7) is 2.71. The van der Waals surface area contributed by atoms with E-state index in [-0.39, 0.29) is 5.56 Å². The number of anilines is 1. The minimum Gasteiger partial charge on any atom is -0.367 e. The van der Waals surface area contributed by atoms with Crippen molar-refractivity contribution in [1.29, 1.82) is 0 Å². The molecule has 2 aliphatic heterocycles. The molecule has 2 nitrogen and oxygen atoms in total. The summed E-state index contributed by atoms with van der Waals surface area (Å²) in [6, 6.07) is 5.83. The topological polar surface area (TPSA) is 15.3 Å². The Kier molecular flexibility index (Phi) is 3.72. The van der Waals surface area contributed by atoms with Gasteiger partial charge in [0.15, 0.2) is 17.5 Å². The van der Waals surface area contributed by atoms with Crippen molar-refractivity contribution in [2.45, 2.75) is 18.9 Å². The van der Waals surface area contributed by atoms with Gasteiger partial charge in [0.05, 0.1) is 5.56 Å². The van der Waals surface area contributed by atoms with Crippen LogP contribution in [0.2, 0.25) is 0 Å². The van der Waals surface area contributed by atoms with Crippen LogP contribution in [0.3, 0.4) is 0 Å². The molecule has 1 unspecified atom stereocenters. The van der Waals surface area contributed by atoms with Crippen molar-refractivity contribution in [2.24, 2.45) is 0 Å². The highest BCUT2D eigenvalue weighted by atomic mass is 19.2.